The lowest BCUT2D eigenvalue weighted by atomic mass is 10.2. The zero-order chi connectivity index (χ0) is 14.6. The first-order valence-electron chi connectivity index (χ1n) is 5.80. The van der Waals surface area contributed by atoms with Gasteiger partial charge in [0.2, 0.25) is 10.0 Å². The minimum Gasteiger partial charge on any atom is -0.396 e. The summed E-state index contributed by atoms with van der Waals surface area (Å²) >= 11 is 0. The molecule has 0 saturated carbocycles. The van der Waals surface area contributed by atoms with E-state index in [1.54, 1.807) is 14.0 Å². The monoisotopic (exact) mass is 289 g/mol. The van der Waals surface area contributed by atoms with Crippen molar-refractivity contribution in [1.29, 1.82) is 0 Å². The van der Waals surface area contributed by atoms with Crippen LogP contribution >= 0.6 is 0 Å². The minimum atomic E-state index is -3.67. The van der Waals surface area contributed by atoms with Crippen molar-refractivity contribution < 1.29 is 18.3 Å². The number of aromatic nitrogens is 1. The molecule has 1 amide bonds. The summed E-state index contributed by atoms with van der Waals surface area (Å²) in [5, 5.41) is 11.3. The Labute approximate surface area is 112 Å². The van der Waals surface area contributed by atoms with E-state index in [4.69, 9.17) is 5.11 Å². The average molecular weight is 289 g/mol. The van der Waals surface area contributed by atoms with Crippen molar-refractivity contribution in [2.45, 2.75) is 11.8 Å². The van der Waals surface area contributed by atoms with Crippen LogP contribution in [-0.2, 0) is 17.1 Å². The zero-order valence-corrected chi connectivity index (χ0v) is 12.0. The summed E-state index contributed by atoms with van der Waals surface area (Å²) in [5.74, 6) is -0.524. The van der Waals surface area contributed by atoms with E-state index in [2.05, 4.69) is 10.0 Å². The lowest BCUT2D eigenvalue weighted by Gasteiger charge is -2.09. The number of carbonyl (C=O) groups excluding carboxylic acids is 1. The van der Waals surface area contributed by atoms with Crippen molar-refractivity contribution in [2.75, 3.05) is 20.2 Å². The van der Waals surface area contributed by atoms with Gasteiger partial charge in [-0.2, -0.15) is 0 Å². The van der Waals surface area contributed by atoms with Crippen LogP contribution in [0.15, 0.2) is 17.2 Å². The lowest BCUT2D eigenvalue weighted by Crippen LogP contribution is -2.29. The lowest BCUT2D eigenvalue weighted by molar-refractivity contribution is 0.0955. The Morgan fingerprint density at radius 1 is 1.53 bits per heavy atom. The Hall–Kier alpha value is -1.38. The van der Waals surface area contributed by atoms with Crippen LogP contribution in [0.2, 0.25) is 0 Å². The van der Waals surface area contributed by atoms with Gasteiger partial charge >= 0.3 is 0 Å². The fourth-order valence-corrected chi connectivity index (χ4v) is 2.67. The van der Waals surface area contributed by atoms with Crippen LogP contribution in [0, 0.1) is 5.92 Å². The number of nitrogens with one attached hydrogen (secondary N) is 2. The summed E-state index contributed by atoms with van der Waals surface area (Å²) < 4.78 is 27.8. The molecule has 8 heteroatoms. The molecule has 1 aromatic rings. The smallest absolute Gasteiger partial charge is 0.267 e. The Kier molecular flexibility index (Phi) is 5.10. The van der Waals surface area contributed by atoms with Gasteiger partial charge < -0.3 is 15.0 Å². The molecular formula is C11H19N3O4S. The number of hydrogen-bond donors (Lipinski definition) is 3. The number of carbonyl (C=O) groups is 1. The third-order valence-electron chi connectivity index (χ3n) is 2.68. The van der Waals surface area contributed by atoms with Crippen LogP contribution in [0.3, 0.4) is 0 Å². The predicted molar refractivity (Wildman–Crippen MR) is 70.2 cm³/mol. The molecule has 1 atom stereocenters. The standard InChI is InChI=1S/C11H19N3O4S/c1-8(7-15)5-13-19(17,18)9-4-10(11(16)12-2)14(3)6-9/h4,6,8,13,15H,5,7H2,1-3H3,(H,12,16). The van der Waals surface area contributed by atoms with Crippen LogP contribution in [0.4, 0.5) is 0 Å². The molecule has 0 aliphatic rings. The second kappa shape index (κ2) is 6.18. The summed E-state index contributed by atoms with van der Waals surface area (Å²) in [5.41, 5.74) is 0.262. The van der Waals surface area contributed by atoms with Crippen molar-refractivity contribution in [3.05, 3.63) is 18.0 Å². The number of aliphatic hydroxyl groups is 1. The van der Waals surface area contributed by atoms with Gasteiger partial charge in [-0.15, -0.1) is 0 Å². The Morgan fingerprint density at radius 3 is 2.68 bits per heavy atom. The van der Waals surface area contributed by atoms with Gasteiger partial charge in [0.25, 0.3) is 5.91 Å². The number of hydrogen-bond acceptors (Lipinski definition) is 4. The fourth-order valence-electron chi connectivity index (χ4n) is 1.43. The minimum absolute atomic E-state index is 0.0266. The van der Waals surface area contributed by atoms with Gasteiger partial charge in [0.1, 0.15) is 10.6 Å². The maximum atomic E-state index is 12.0. The predicted octanol–water partition coefficient (Wildman–Crippen LogP) is -0.709. The Bertz CT molecular complexity index is 550. The second-order valence-electron chi connectivity index (χ2n) is 4.39. The Balaban J connectivity index is 2.93. The molecule has 0 aliphatic carbocycles. The first-order chi connectivity index (χ1) is 8.81. The summed E-state index contributed by atoms with van der Waals surface area (Å²) in [7, 11) is -0.597. The van der Waals surface area contributed by atoms with E-state index < -0.39 is 10.0 Å². The molecule has 3 N–H and O–H groups in total. The van der Waals surface area contributed by atoms with Crippen LogP contribution in [-0.4, -0.2) is 44.2 Å². The molecule has 0 saturated heterocycles. The highest BCUT2D eigenvalue weighted by Gasteiger charge is 2.20. The maximum Gasteiger partial charge on any atom is 0.267 e. The van der Waals surface area contributed by atoms with Crippen molar-refractivity contribution in [1.82, 2.24) is 14.6 Å². The number of sulfonamides is 1. The maximum absolute atomic E-state index is 12.0. The van der Waals surface area contributed by atoms with Gasteiger partial charge in [0, 0.05) is 33.4 Å². The largest absolute Gasteiger partial charge is 0.396 e. The second-order valence-corrected chi connectivity index (χ2v) is 6.16. The van der Waals surface area contributed by atoms with Crippen molar-refractivity contribution >= 4 is 15.9 Å². The van der Waals surface area contributed by atoms with Crippen LogP contribution in [0.1, 0.15) is 17.4 Å². The molecule has 0 aromatic carbocycles. The SMILES string of the molecule is CNC(=O)c1cc(S(=O)(=O)NCC(C)CO)cn1C. The molecule has 0 spiro atoms. The van der Waals surface area contributed by atoms with Crippen LogP contribution < -0.4 is 10.0 Å². The molecule has 0 aliphatic heterocycles. The molecule has 0 fully saturated rings. The normalized spacial score (nSPS) is 13.3. The molecule has 0 bridgehead atoms. The third-order valence-corrected chi connectivity index (χ3v) is 4.07. The van der Waals surface area contributed by atoms with Gasteiger partial charge in [0.05, 0.1) is 0 Å². The molecule has 1 rings (SSSR count). The van der Waals surface area contributed by atoms with Crippen LogP contribution in [0.25, 0.3) is 0 Å². The number of aliphatic hydroxyl groups excluding tert-OH is 1. The topological polar surface area (TPSA) is 100 Å². The van der Waals surface area contributed by atoms with E-state index in [0.717, 1.165) is 0 Å². The molecule has 19 heavy (non-hydrogen) atoms. The summed E-state index contributed by atoms with van der Waals surface area (Å²) in [6, 6.07) is 1.31. The average Bonchev–Trinajstić information content (AvgIpc) is 2.78. The highest BCUT2D eigenvalue weighted by Crippen LogP contribution is 2.13. The van der Waals surface area contributed by atoms with Crippen molar-refractivity contribution in [3.8, 4) is 0 Å². The number of nitrogens with zero attached hydrogens (tertiary/aromatic N) is 1. The quantitative estimate of drug-likeness (QED) is 0.644. The molecule has 1 unspecified atom stereocenters. The summed E-state index contributed by atoms with van der Waals surface area (Å²) in [4.78, 5) is 11.5. The van der Waals surface area contributed by atoms with Crippen molar-refractivity contribution in [2.24, 2.45) is 13.0 Å². The number of rotatable bonds is 6. The first-order valence-corrected chi connectivity index (χ1v) is 7.29. The summed E-state index contributed by atoms with van der Waals surface area (Å²) in [6.45, 7) is 1.77. The van der Waals surface area contributed by atoms with Crippen molar-refractivity contribution in [3.63, 3.8) is 0 Å². The van der Waals surface area contributed by atoms with Gasteiger partial charge in [-0.1, -0.05) is 6.92 Å². The molecule has 1 heterocycles. The molecule has 7 nitrogen and oxygen atoms in total. The van der Waals surface area contributed by atoms with E-state index in [0.29, 0.717) is 0 Å². The molecular weight excluding hydrogens is 270 g/mol. The molecule has 0 radical (unpaired) electrons. The van der Waals surface area contributed by atoms with Crippen LogP contribution in [0.5, 0.6) is 0 Å². The van der Waals surface area contributed by atoms with E-state index in [1.165, 1.54) is 23.9 Å². The van der Waals surface area contributed by atoms with E-state index in [-0.39, 0.29) is 35.6 Å². The van der Waals surface area contributed by atoms with E-state index >= 15 is 0 Å². The molecule has 1 aromatic heterocycles. The van der Waals surface area contributed by atoms with Gasteiger partial charge in [-0.25, -0.2) is 13.1 Å². The van der Waals surface area contributed by atoms with Gasteiger partial charge in [-0.3, -0.25) is 4.79 Å². The Morgan fingerprint density at radius 2 is 2.16 bits per heavy atom. The fraction of sp³-hybridized carbons (Fsp3) is 0.545. The first kappa shape index (κ1) is 15.7. The zero-order valence-electron chi connectivity index (χ0n) is 11.2. The molecule has 108 valence electrons. The van der Waals surface area contributed by atoms with Gasteiger partial charge in [0.15, 0.2) is 0 Å². The third kappa shape index (κ3) is 3.79. The number of amides is 1. The van der Waals surface area contributed by atoms with Gasteiger partial charge in [-0.05, 0) is 12.0 Å². The van der Waals surface area contributed by atoms with E-state index in [1.807, 2.05) is 0 Å². The van der Waals surface area contributed by atoms with E-state index in [9.17, 15) is 13.2 Å². The highest BCUT2D eigenvalue weighted by atomic mass is 32.2. The number of aryl methyl sites for hydroxylation is 1. The summed E-state index contributed by atoms with van der Waals surface area (Å²) in [6.07, 6.45) is 1.37. The highest BCUT2D eigenvalue weighted by molar-refractivity contribution is 7.89.